The average Bonchev–Trinajstić information content (AvgIpc) is 3.62. The van der Waals surface area contributed by atoms with Crippen LogP contribution in [0, 0.1) is 12.8 Å². The Labute approximate surface area is 216 Å². The highest BCUT2D eigenvalue weighted by Crippen LogP contribution is 2.31. The molecule has 0 aliphatic heterocycles. The predicted octanol–water partition coefficient (Wildman–Crippen LogP) is 6.04. The number of fused-ring (bicyclic) bond motifs is 1. The van der Waals surface area contributed by atoms with E-state index in [4.69, 9.17) is 9.90 Å². The maximum absolute atomic E-state index is 11.8. The molecule has 1 fully saturated rings. The highest BCUT2D eigenvalue weighted by atomic mass is 19.4. The molecule has 5 rings (SSSR count). The fourth-order valence-corrected chi connectivity index (χ4v) is 4.10. The monoisotopic (exact) mass is 525 g/mol. The number of nitrogens with one attached hydrogen (secondary N) is 2. The molecule has 38 heavy (non-hydrogen) atoms. The fraction of sp³-hybridized carbons (Fsp3) is 0.250. The molecule has 4 N–H and O–H groups in total. The Balaban J connectivity index is 0.000000426. The topological polar surface area (TPSA) is 115 Å². The smallest absolute Gasteiger partial charge is 0.478 e. The fourth-order valence-electron chi connectivity index (χ4n) is 4.10. The summed E-state index contributed by atoms with van der Waals surface area (Å²) in [6, 6.07) is 20.5. The van der Waals surface area contributed by atoms with Crippen molar-refractivity contribution in [2.45, 2.75) is 32.5 Å². The number of carboxylic acids is 2. The summed E-state index contributed by atoms with van der Waals surface area (Å²) in [5.41, 5.74) is 6.96. The molecule has 0 radical (unpaired) electrons. The van der Waals surface area contributed by atoms with E-state index in [0.29, 0.717) is 11.3 Å². The number of aromatic amines is 1. The van der Waals surface area contributed by atoms with E-state index in [2.05, 4.69) is 63.8 Å². The van der Waals surface area contributed by atoms with Gasteiger partial charge in [0.25, 0.3) is 0 Å². The summed E-state index contributed by atoms with van der Waals surface area (Å²) >= 11 is 0. The van der Waals surface area contributed by atoms with Crippen LogP contribution in [-0.2, 0) is 11.3 Å². The number of halogens is 3. The first kappa shape index (κ1) is 26.9. The van der Waals surface area contributed by atoms with Crippen LogP contribution >= 0.6 is 0 Å². The largest absolute Gasteiger partial charge is 0.490 e. The minimum Gasteiger partial charge on any atom is -0.478 e. The molecular weight excluding hydrogens is 499 g/mol. The Bertz CT molecular complexity index is 1460. The summed E-state index contributed by atoms with van der Waals surface area (Å²) in [7, 11) is 0. The van der Waals surface area contributed by atoms with Crippen molar-refractivity contribution in [3.8, 4) is 22.3 Å². The average molecular weight is 526 g/mol. The molecule has 10 heteroatoms. The van der Waals surface area contributed by atoms with Crippen molar-refractivity contribution in [2.24, 2.45) is 5.92 Å². The Kier molecular flexibility index (Phi) is 7.82. The number of alkyl halides is 3. The number of aliphatic carboxylic acids is 1. The van der Waals surface area contributed by atoms with E-state index < -0.39 is 18.1 Å². The number of rotatable bonds is 7. The van der Waals surface area contributed by atoms with Crippen molar-refractivity contribution < 1.29 is 33.0 Å². The first-order chi connectivity index (χ1) is 18.0. The Hall–Kier alpha value is -4.18. The summed E-state index contributed by atoms with van der Waals surface area (Å²) in [4.78, 5) is 28.1. The zero-order chi connectivity index (χ0) is 27.4. The molecule has 4 aromatic rings. The van der Waals surface area contributed by atoms with Gasteiger partial charge in [-0.3, -0.25) is 0 Å². The zero-order valence-corrected chi connectivity index (χ0v) is 20.5. The third-order valence-electron chi connectivity index (χ3n) is 6.17. The molecule has 0 spiro atoms. The van der Waals surface area contributed by atoms with E-state index in [-0.39, 0.29) is 5.56 Å². The summed E-state index contributed by atoms with van der Waals surface area (Å²) < 4.78 is 31.7. The molecular formula is C28H26F3N3O4. The van der Waals surface area contributed by atoms with Gasteiger partial charge in [0.15, 0.2) is 0 Å². The van der Waals surface area contributed by atoms with Crippen molar-refractivity contribution in [2.75, 3.05) is 6.54 Å². The van der Waals surface area contributed by atoms with Gasteiger partial charge in [0.1, 0.15) is 11.3 Å². The van der Waals surface area contributed by atoms with Crippen LogP contribution in [0.5, 0.6) is 0 Å². The maximum Gasteiger partial charge on any atom is 0.490 e. The third-order valence-corrected chi connectivity index (χ3v) is 6.17. The van der Waals surface area contributed by atoms with Crippen molar-refractivity contribution in [3.05, 3.63) is 77.6 Å². The summed E-state index contributed by atoms with van der Waals surface area (Å²) in [5.74, 6) is -2.16. The SMILES string of the molecule is Cc1nc2c(C(=O)O)cc(-c3ccc(-c4ccccc4CNCC4CC4)cc3)cc2[nH]1.O=C(O)C(F)(F)F. The molecule has 1 aromatic heterocycles. The summed E-state index contributed by atoms with van der Waals surface area (Å²) in [6.07, 6.45) is -2.38. The standard InChI is InChI=1S/C26H25N3O2.C2HF3O2/c1-16-28-24-13-21(12-23(26(30)31)25(24)29-16)18-8-10-19(11-9-18)22-5-3-2-4-20(22)15-27-14-17-6-7-17;3-2(4,5)1(6)7/h2-5,8-13,17,27H,6-7,14-15H2,1H3,(H,28,29)(H,30,31);(H,6,7). The van der Waals surface area contributed by atoms with Crippen LogP contribution < -0.4 is 5.32 Å². The number of benzene rings is 3. The van der Waals surface area contributed by atoms with E-state index in [9.17, 15) is 23.1 Å². The first-order valence-electron chi connectivity index (χ1n) is 12.0. The molecule has 0 saturated heterocycles. The molecule has 198 valence electrons. The Morgan fingerprint density at radius 3 is 2.24 bits per heavy atom. The van der Waals surface area contributed by atoms with Gasteiger partial charge >= 0.3 is 18.1 Å². The number of carboxylic acid groups (broad SMARTS) is 2. The molecule has 1 aliphatic carbocycles. The van der Waals surface area contributed by atoms with Gasteiger partial charge in [-0.15, -0.1) is 0 Å². The van der Waals surface area contributed by atoms with Crippen molar-refractivity contribution in [3.63, 3.8) is 0 Å². The van der Waals surface area contributed by atoms with Crippen LogP contribution in [0.25, 0.3) is 33.3 Å². The lowest BCUT2D eigenvalue weighted by Crippen LogP contribution is -2.21. The van der Waals surface area contributed by atoms with Crippen LogP contribution in [0.4, 0.5) is 13.2 Å². The van der Waals surface area contributed by atoms with E-state index in [1.807, 2.05) is 13.0 Å². The predicted molar refractivity (Wildman–Crippen MR) is 137 cm³/mol. The van der Waals surface area contributed by atoms with Gasteiger partial charge in [-0.05, 0) is 72.2 Å². The lowest BCUT2D eigenvalue weighted by atomic mass is 9.96. The van der Waals surface area contributed by atoms with E-state index in [0.717, 1.165) is 41.2 Å². The van der Waals surface area contributed by atoms with Gasteiger partial charge in [-0.1, -0.05) is 48.5 Å². The lowest BCUT2D eigenvalue weighted by Gasteiger charge is -2.12. The highest BCUT2D eigenvalue weighted by molar-refractivity contribution is 6.03. The Morgan fingerprint density at radius 2 is 1.63 bits per heavy atom. The minimum absolute atomic E-state index is 0.216. The number of hydrogen-bond acceptors (Lipinski definition) is 4. The van der Waals surface area contributed by atoms with Crippen LogP contribution in [-0.4, -0.2) is 44.8 Å². The normalized spacial score (nSPS) is 13.2. The number of aryl methyl sites for hydroxylation is 1. The van der Waals surface area contributed by atoms with E-state index >= 15 is 0 Å². The number of aromatic carboxylic acids is 1. The van der Waals surface area contributed by atoms with Gasteiger partial charge in [0.05, 0.1) is 11.1 Å². The minimum atomic E-state index is -5.08. The molecule has 0 atom stereocenters. The lowest BCUT2D eigenvalue weighted by molar-refractivity contribution is -0.192. The maximum atomic E-state index is 11.8. The molecule has 0 unspecified atom stereocenters. The van der Waals surface area contributed by atoms with Crippen molar-refractivity contribution >= 4 is 23.0 Å². The second-order valence-corrected chi connectivity index (χ2v) is 9.16. The third kappa shape index (κ3) is 6.57. The second-order valence-electron chi connectivity index (χ2n) is 9.16. The zero-order valence-electron chi connectivity index (χ0n) is 20.5. The number of hydrogen-bond donors (Lipinski definition) is 4. The number of aromatic nitrogens is 2. The summed E-state index contributed by atoms with van der Waals surface area (Å²) in [6.45, 7) is 3.79. The van der Waals surface area contributed by atoms with Crippen molar-refractivity contribution in [1.29, 1.82) is 0 Å². The first-order valence-corrected chi connectivity index (χ1v) is 12.0. The van der Waals surface area contributed by atoms with Crippen LogP contribution in [0.1, 0.15) is 34.6 Å². The van der Waals surface area contributed by atoms with Crippen molar-refractivity contribution in [1.82, 2.24) is 15.3 Å². The number of carbonyl (C=O) groups is 2. The molecule has 1 heterocycles. The van der Waals surface area contributed by atoms with Crippen LogP contribution in [0.2, 0.25) is 0 Å². The van der Waals surface area contributed by atoms with Gasteiger partial charge < -0.3 is 20.5 Å². The molecule has 3 aromatic carbocycles. The van der Waals surface area contributed by atoms with Gasteiger partial charge in [-0.2, -0.15) is 13.2 Å². The quantitative estimate of drug-likeness (QED) is 0.234. The second kappa shape index (κ2) is 11.1. The molecule has 7 nitrogen and oxygen atoms in total. The molecule has 1 aliphatic rings. The molecule has 0 bridgehead atoms. The molecule has 0 amide bonds. The number of nitrogens with zero attached hydrogens (tertiary/aromatic N) is 1. The van der Waals surface area contributed by atoms with E-state index in [1.165, 1.54) is 24.0 Å². The van der Waals surface area contributed by atoms with E-state index in [1.54, 1.807) is 6.07 Å². The van der Waals surface area contributed by atoms with Crippen LogP contribution in [0.15, 0.2) is 60.7 Å². The number of imidazole rings is 1. The number of H-pyrrole nitrogens is 1. The summed E-state index contributed by atoms with van der Waals surface area (Å²) in [5, 5.41) is 20.3. The Morgan fingerprint density at radius 1 is 1.00 bits per heavy atom. The highest BCUT2D eigenvalue weighted by Gasteiger charge is 2.38. The molecule has 1 saturated carbocycles. The van der Waals surface area contributed by atoms with Gasteiger partial charge in [-0.25, -0.2) is 14.6 Å². The van der Waals surface area contributed by atoms with Crippen LogP contribution in [0.3, 0.4) is 0 Å². The van der Waals surface area contributed by atoms with Gasteiger partial charge in [0, 0.05) is 6.54 Å². The van der Waals surface area contributed by atoms with Gasteiger partial charge in [0.2, 0.25) is 0 Å².